The molecule has 0 spiro atoms. The van der Waals surface area contributed by atoms with Crippen LogP contribution in [-0.2, 0) is 18.4 Å². The monoisotopic (exact) mass is 616 g/mol. The van der Waals surface area contributed by atoms with Gasteiger partial charge in [-0.15, -0.1) is 0 Å². The Kier molecular flexibility index (Phi) is 25.7. The number of amides is 1. The minimum absolute atomic E-state index is 0.00263. The molecule has 0 aromatic rings. The molecule has 0 radical (unpaired) electrons. The molecule has 3 atom stereocenters. The number of unbranched alkanes of at least 4 members (excludes halogenated alkanes) is 14. The highest BCUT2D eigenvalue weighted by Gasteiger charge is 2.23. The van der Waals surface area contributed by atoms with E-state index in [1.165, 1.54) is 44.9 Å². The lowest BCUT2D eigenvalue weighted by molar-refractivity contribution is -0.870. The number of nitrogens with zero attached hydrogens (tertiary/aromatic N) is 1. The second-order valence-electron chi connectivity index (χ2n) is 12.5. The second-order valence-corrected chi connectivity index (χ2v) is 13.9. The maximum absolute atomic E-state index is 12.7. The van der Waals surface area contributed by atoms with Gasteiger partial charge in [0, 0.05) is 6.42 Å². The summed E-state index contributed by atoms with van der Waals surface area (Å²) in [5.41, 5.74) is 0. The fraction of sp³-hybridized carbons (Fsp3) is 0.848. The summed E-state index contributed by atoms with van der Waals surface area (Å²) in [6.45, 7) is 4.52. The minimum Gasteiger partial charge on any atom is -0.756 e. The Hall–Kier alpha value is -1.02. The molecule has 2 N–H and O–H groups in total. The van der Waals surface area contributed by atoms with E-state index < -0.39 is 20.0 Å². The molecule has 3 unspecified atom stereocenters. The van der Waals surface area contributed by atoms with Crippen LogP contribution in [0.3, 0.4) is 0 Å². The Balaban J connectivity index is 4.64. The van der Waals surface area contributed by atoms with Crippen LogP contribution in [-0.4, -0.2) is 68.5 Å². The smallest absolute Gasteiger partial charge is 0.268 e. The van der Waals surface area contributed by atoms with Crippen LogP contribution in [0.5, 0.6) is 0 Å². The molecule has 1 amide bonds. The fourth-order valence-electron chi connectivity index (χ4n) is 4.36. The van der Waals surface area contributed by atoms with E-state index in [1.807, 2.05) is 27.2 Å². The lowest BCUT2D eigenvalue weighted by Gasteiger charge is -2.29. The molecule has 0 saturated carbocycles. The van der Waals surface area contributed by atoms with Gasteiger partial charge >= 0.3 is 0 Å². The van der Waals surface area contributed by atoms with Gasteiger partial charge in [-0.05, 0) is 38.5 Å². The molecule has 248 valence electrons. The van der Waals surface area contributed by atoms with Crippen LogP contribution < -0.4 is 10.2 Å². The zero-order valence-corrected chi connectivity index (χ0v) is 28.6. The molecule has 0 aliphatic carbocycles. The summed E-state index contributed by atoms with van der Waals surface area (Å²) < 4.78 is 22.9. The first-order chi connectivity index (χ1) is 20.0. The number of nitrogens with one attached hydrogen (secondary N) is 1. The van der Waals surface area contributed by atoms with Gasteiger partial charge in [0.05, 0.1) is 39.9 Å². The zero-order chi connectivity index (χ0) is 31.5. The largest absolute Gasteiger partial charge is 0.756 e. The first kappa shape index (κ1) is 41.0. The number of phosphoric acid groups is 1. The third-order valence-electron chi connectivity index (χ3n) is 7.16. The highest BCUT2D eigenvalue weighted by molar-refractivity contribution is 7.45. The van der Waals surface area contributed by atoms with Crippen molar-refractivity contribution in [1.82, 2.24) is 5.32 Å². The average Bonchev–Trinajstić information content (AvgIpc) is 2.92. The number of hydrogen-bond acceptors (Lipinski definition) is 6. The molecule has 0 aromatic heterocycles. The summed E-state index contributed by atoms with van der Waals surface area (Å²) >= 11 is 0. The zero-order valence-electron chi connectivity index (χ0n) is 27.7. The first-order valence-corrected chi connectivity index (χ1v) is 18.2. The lowest BCUT2D eigenvalue weighted by atomic mass is 10.1. The van der Waals surface area contributed by atoms with Gasteiger partial charge in [0.2, 0.25) is 5.91 Å². The number of likely N-dealkylation sites (N-methyl/N-ethyl adjacent to an activating group) is 1. The first-order valence-electron chi connectivity index (χ1n) is 16.7. The number of carbonyl (C=O) groups excluding carboxylic acids is 1. The Morgan fingerprint density at radius 2 is 1.33 bits per heavy atom. The van der Waals surface area contributed by atoms with Crippen molar-refractivity contribution in [2.45, 2.75) is 142 Å². The topological polar surface area (TPSA) is 108 Å². The van der Waals surface area contributed by atoms with Crippen molar-refractivity contribution < 1.29 is 32.9 Å². The molecular weight excluding hydrogens is 551 g/mol. The molecule has 0 aliphatic heterocycles. The van der Waals surface area contributed by atoms with Crippen LogP contribution in [0.15, 0.2) is 24.3 Å². The van der Waals surface area contributed by atoms with Gasteiger partial charge < -0.3 is 28.8 Å². The molecule has 0 aromatic carbocycles. The average molecular weight is 617 g/mol. The molecule has 0 aliphatic rings. The highest BCUT2D eigenvalue weighted by Crippen LogP contribution is 2.38. The van der Waals surface area contributed by atoms with Gasteiger partial charge in [0.25, 0.3) is 7.82 Å². The highest BCUT2D eigenvalue weighted by atomic mass is 31.2. The maximum atomic E-state index is 12.7. The van der Waals surface area contributed by atoms with E-state index >= 15 is 0 Å². The Morgan fingerprint density at radius 1 is 0.810 bits per heavy atom. The third kappa shape index (κ3) is 27.8. The number of aliphatic hydroxyl groups excluding tert-OH is 1. The van der Waals surface area contributed by atoms with Crippen LogP contribution in [0, 0.1) is 0 Å². The van der Waals surface area contributed by atoms with Gasteiger partial charge in [-0.1, -0.05) is 109 Å². The van der Waals surface area contributed by atoms with Gasteiger partial charge in [-0.2, -0.15) is 0 Å². The van der Waals surface area contributed by atoms with Gasteiger partial charge in [-0.3, -0.25) is 9.36 Å². The summed E-state index contributed by atoms with van der Waals surface area (Å²) in [5, 5.41) is 13.6. The van der Waals surface area contributed by atoms with Crippen molar-refractivity contribution in [3.8, 4) is 0 Å². The van der Waals surface area contributed by atoms with Crippen molar-refractivity contribution >= 4 is 13.7 Å². The normalized spacial score (nSPS) is 15.3. The lowest BCUT2D eigenvalue weighted by Crippen LogP contribution is -2.45. The van der Waals surface area contributed by atoms with E-state index in [2.05, 4.69) is 31.3 Å². The van der Waals surface area contributed by atoms with Gasteiger partial charge in [0.1, 0.15) is 13.2 Å². The van der Waals surface area contributed by atoms with Crippen molar-refractivity contribution in [3.05, 3.63) is 24.3 Å². The Labute approximate surface area is 258 Å². The van der Waals surface area contributed by atoms with Crippen LogP contribution in [0.4, 0.5) is 0 Å². The minimum atomic E-state index is -4.57. The number of phosphoric ester groups is 1. The van der Waals surface area contributed by atoms with Crippen molar-refractivity contribution in [2.75, 3.05) is 40.9 Å². The van der Waals surface area contributed by atoms with Gasteiger partial charge in [-0.25, -0.2) is 0 Å². The van der Waals surface area contributed by atoms with E-state index in [9.17, 15) is 19.4 Å². The summed E-state index contributed by atoms with van der Waals surface area (Å²) in [7, 11) is 1.25. The number of aliphatic hydroxyl groups is 1. The molecule has 0 rings (SSSR count). The number of carbonyl (C=O) groups is 1. The number of hydrogen-bond donors (Lipinski definition) is 2. The number of quaternary nitrogens is 1. The molecule has 0 heterocycles. The van der Waals surface area contributed by atoms with Gasteiger partial charge in [0.15, 0.2) is 0 Å². The molecule has 0 saturated heterocycles. The Bertz CT molecular complexity index is 753. The molecular formula is C33H65N2O6P. The summed E-state index contributed by atoms with van der Waals surface area (Å²) in [6.07, 6.45) is 26.5. The van der Waals surface area contributed by atoms with Crippen LogP contribution in [0.1, 0.15) is 129 Å². The standard InChI is InChI=1S/C33H65N2O6P/c1-6-8-10-12-14-16-17-19-21-23-25-27-33(37)34-31(30-41-42(38,39)40-29-28-35(3,4)5)32(36)26-24-22-20-18-15-13-11-9-7-2/h12,14,24,26,31-32,36H,6-11,13,15-23,25,27-30H2,1-5H3,(H-,34,37,38,39)/b14-12-,26-24+. The molecule has 42 heavy (non-hydrogen) atoms. The van der Waals surface area contributed by atoms with Crippen LogP contribution in [0.25, 0.3) is 0 Å². The number of rotatable bonds is 29. The molecule has 0 bridgehead atoms. The third-order valence-corrected chi connectivity index (χ3v) is 8.12. The number of allylic oxidation sites excluding steroid dienone is 3. The predicted molar refractivity (Wildman–Crippen MR) is 173 cm³/mol. The predicted octanol–water partition coefficient (Wildman–Crippen LogP) is 7.21. The van der Waals surface area contributed by atoms with E-state index in [0.29, 0.717) is 17.4 Å². The van der Waals surface area contributed by atoms with Crippen LogP contribution in [0.2, 0.25) is 0 Å². The summed E-state index contributed by atoms with van der Waals surface area (Å²) in [6, 6.07) is -0.883. The van der Waals surface area contributed by atoms with E-state index in [0.717, 1.165) is 64.2 Å². The Morgan fingerprint density at radius 3 is 1.93 bits per heavy atom. The SMILES string of the molecule is CCCC/C=C\CCCCCCCC(=O)NC(COP(=O)([O-])OCC[N+](C)(C)C)C(O)/C=C/CCCCCCCCC. The second kappa shape index (κ2) is 26.4. The molecule has 9 heteroatoms. The quantitative estimate of drug-likeness (QED) is 0.0398. The molecule has 0 fully saturated rings. The van der Waals surface area contributed by atoms with E-state index in [-0.39, 0.29) is 19.1 Å². The van der Waals surface area contributed by atoms with Crippen molar-refractivity contribution in [3.63, 3.8) is 0 Å². The fourth-order valence-corrected chi connectivity index (χ4v) is 5.09. The summed E-state index contributed by atoms with van der Waals surface area (Å²) in [4.78, 5) is 25.0. The van der Waals surface area contributed by atoms with Crippen molar-refractivity contribution in [1.29, 1.82) is 0 Å². The molecule has 8 nitrogen and oxygen atoms in total. The summed E-state index contributed by atoms with van der Waals surface area (Å²) in [5.74, 6) is -0.214. The maximum Gasteiger partial charge on any atom is 0.268 e. The van der Waals surface area contributed by atoms with E-state index in [1.54, 1.807) is 6.08 Å². The van der Waals surface area contributed by atoms with Crippen LogP contribution >= 0.6 is 7.82 Å². The van der Waals surface area contributed by atoms with E-state index in [4.69, 9.17) is 9.05 Å². The van der Waals surface area contributed by atoms with Crippen molar-refractivity contribution in [2.24, 2.45) is 0 Å².